The summed E-state index contributed by atoms with van der Waals surface area (Å²) in [6.07, 6.45) is 0.839. The molecule has 1 saturated heterocycles. The lowest BCUT2D eigenvalue weighted by Gasteiger charge is -2.34. The summed E-state index contributed by atoms with van der Waals surface area (Å²) in [5.74, 6) is 2.61. The molecule has 4 heterocycles. The van der Waals surface area contributed by atoms with Crippen molar-refractivity contribution in [1.82, 2.24) is 34.9 Å². The predicted octanol–water partition coefficient (Wildman–Crippen LogP) is 1.36. The second-order valence-electron chi connectivity index (χ2n) is 9.44. The smallest absolute Gasteiger partial charge is 0.254 e. The van der Waals surface area contributed by atoms with Gasteiger partial charge in [0.1, 0.15) is 6.04 Å². The summed E-state index contributed by atoms with van der Waals surface area (Å²) in [6, 6.07) is 9.26. The van der Waals surface area contributed by atoms with Gasteiger partial charge in [-0.3, -0.25) is 9.69 Å². The van der Waals surface area contributed by atoms with Crippen LogP contribution in [0.3, 0.4) is 0 Å². The van der Waals surface area contributed by atoms with E-state index in [2.05, 4.69) is 32.4 Å². The molecule has 1 fully saturated rings. The fourth-order valence-electron chi connectivity index (χ4n) is 5.27. The Morgan fingerprint density at radius 2 is 1.92 bits per heavy atom. The Morgan fingerprint density at radius 1 is 1.08 bits per heavy atom. The van der Waals surface area contributed by atoms with Crippen LogP contribution in [0.4, 0.5) is 0 Å². The molecule has 3 aliphatic rings. The predicted molar refractivity (Wildman–Crippen MR) is 130 cm³/mol. The van der Waals surface area contributed by atoms with Crippen LogP contribution in [0.1, 0.15) is 33.4 Å². The van der Waals surface area contributed by atoms with Crippen molar-refractivity contribution in [1.29, 1.82) is 0 Å². The summed E-state index contributed by atoms with van der Waals surface area (Å²) in [4.78, 5) is 19.6. The van der Waals surface area contributed by atoms with Crippen molar-refractivity contribution < 1.29 is 19.0 Å². The van der Waals surface area contributed by atoms with Gasteiger partial charge in [0.15, 0.2) is 17.3 Å². The molecule has 6 rings (SSSR count). The fourth-order valence-corrected chi connectivity index (χ4v) is 5.27. The molecule has 0 radical (unpaired) electrons. The largest absolute Gasteiger partial charge is 0.492 e. The van der Waals surface area contributed by atoms with Gasteiger partial charge < -0.3 is 24.0 Å². The minimum Gasteiger partial charge on any atom is -0.492 e. The van der Waals surface area contributed by atoms with Gasteiger partial charge in [0, 0.05) is 43.9 Å². The van der Waals surface area contributed by atoms with Crippen molar-refractivity contribution in [2.24, 2.45) is 0 Å². The fraction of sp³-hybridized carbons (Fsp3) is 0.440. The molecular formula is C25H29N7O4. The number of hydrogen-bond donors (Lipinski definition) is 0. The van der Waals surface area contributed by atoms with Crippen LogP contribution < -0.4 is 14.2 Å². The van der Waals surface area contributed by atoms with Gasteiger partial charge in [-0.25, -0.2) is 0 Å². The van der Waals surface area contributed by atoms with E-state index in [1.54, 1.807) is 11.8 Å². The topological polar surface area (TPSA) is 98.1 Å². The van der Waals surface area contributed by atoms with Crippen LogP contribution in [-0.2, 0) is 6.42 Å². The van der Waals surface area contributed by atoms with Gasteiger partial charge in [0.25, 0.3) is 5.91 Å². The van der Waals surface area contributed by atoms with Gasteiger partial charge in [-0.05, 0) is 60.8 Å². The molecule has 1 unspecified atom stereocenters. The summed E-state index contributed by atoms with van der Waals surface area (Å²) in [7, 11) is 5.76. The van der Waals surface area contributed by atoms with E-state index >= 15 is 0 Å². The van der Waals surface area contributed by atoms with E-state index < -0.39 is 0 Å². The van der Waals surface area contributed by atoms with Crippen LogP contribution in [0, 0.1) is 0 Å². The van der Waals surface area contributed by atoms with E-state index in [0.717, 1.165) is 56.0 Å². The van der Waals surface area contributed by atoms with Crippen LogP contribution in [0.5, 0.6) is 17.2 Å². The Hall–Kier alpha value is -3.70. The molecule has 11 heteroatoms. The number of tetrazole rings is 1. The number of carbonyl (C=O) groups is 1. The van der Waals surface area contributed by atoms with Crippen LogP contribution in [0.15, 0.2) is 30.3 Å². The highest BCUT2D eigenvalue weighted by Crippen LogP contribution is 2.50. The second-order valence-corrected chi connectivity index (χ2v) is 9.44. The molecule has 3 aromatic rings. The average Bonchev–Trinajstić information content (AvgIpc) is 3.57. The summed E-state index contributed by atoms with van der Waals surface area (Å²) < 4.78 is 18.9. The zero-order valence-corrected chi connectivity index (χ0v) is 20.7. The van der Waals surface area contributed by atoms with Crippen molar-refractivity contribution in [3.05, 3.63) is 52.8 Å². The molecule has 1 aromatic heterocycles. The number of methoxy groups -OCH3 is 1. The van der Waals surface area contributed by atoms with Crippen LogP contribution in [0.25, 0.3) is 5.69 Å². The molecular weight excluding hydrogens is 462 g/mol. The molecule has 0 saturated carbocycles. The van der Waals surface area contributed by atoms with E-state index in [4.69, 9.17) is 14.2 Å². The maximum absolute atomic E-state index is 13.2. The Labute approximate surface area is 209 Å². The first-order valence-electron chi connectivity index (χ1n) is 12.1. The number of carbonyl (C=O) groups excluding carboxylic acids is 1. The number of likely N-dealkylation sites (N-methyl/N-ethyl adjacent to an activating group) is 2. The highest BCUT2D eigenvalue weighted by Gasteiger charge is 2.38. The van der Waals surface area contributed by atoms with Crippen molar-refractivity contribution in [3.8, 4) is 22.9 Å². The molecule has 0 aliphatic carbocycles. The first-order valence-corrected chi connectivity index (χ1v) is 12.1. The molecule has 1 amide bonds. The maximum atomic E-state index is 13.2. The van der Waals surface area contributed by atoms with Crippen molar-refractivity contribution in [2.45, 2.75) is 12.5 Å². The number of nitrogens with zero attached hydrogens (tertiary/aromatic N) is 7. The number of fused-ring (bicyclic) bond motifs is 2. The van der Waals surface area contributed by atoms with Crippen molar-refractivity contribution in [3.63, 3.8) is 0 Å². The third kappa shape index (κ3) is 3.75. The normalized spacial score (nSPS) is 19.9. The van der Waals surface area contributed by atoms with Gasteiger partial charge in [-0.1, -0.05) is 6.07 Å². The molecule has 11 nitrogen and oxygen atoms in total. The number of rotatable bonds is 4. The van der Waals surface area contributed by atoms with Crippen molar-refractivity contribution in [2.75, 3.05) is 60.7 Å². The van der Waals surface area contributed by atoms with E-state index in [1.165, 1.54) is 0 Å². The third-order valence-electron chi connectivity index (χ3n) is 7.26. The number of hydrogen-bond acceptors (Lipinski definition) is 9. The molecule has 2 aromatic carbocycles. The van der Waals surface area contributed by atoms with Gasteiger partial charge in [0.05, 0.1) is 12.8 Å². The maximum Gasteiger partial charge on any atom is 0.254 e. The Kier molecular flexibility index (Phi) is 5.73. The summed E-state index contributed by atoms with van der Waals surface area (Å²) in [5, 5.41) is 12.8. The second kappa shape index (κ2) is 9.07. The first kappa shape index (κ1) is 22.7. The number of amides is 1. The monoisotopic (exact) mass is 491 g/mol. The molecule has 3 aliphatic heterocycles. The zero-order valence-electron chi connectivity index (χ0n) is 20.7. The van der Waals surface area contributed by atoms with Crippen LogP contribution in [0.2, 0.25) is 0 Å². The van der Waals surface area contributed by atoms with Gasteiger partial charge in [-0.2, -0.15) is 4.68 Å². The highest BCUT2D eigenvalue weighted by molar-refractivity contribution is 5.94. The molecule has 0 spiro atoms. The zero-order chi connectivity index (χ0) is 24.8. The lowest BCUT2D eigenvalue weighted by atomic mass is 9.90. The first-order chi connectivity index (χ1) is 17.5. The minimum absolute atomic E-state index is 0.0223. The number of aromatic nitrogens is 4. The highest BCUT2D eigenvalue weighted by atomic mass is 16.7. The van der Waals surface area contributed by atoms with E-state index in [0.29, 0.717) is 28.6 Å². The molecule has 36 heavy (non-hydrogen) atoms. The minimum atomic E-state index is -0.273. The van der Waals surface area contributed by atoms with Gasteiger partial charge >= 0.3 is 0 Å². The summed E-state index contributed by atoms with van der Waals surface area (Å²) >= 11 is 0. The standard InChI is InChI=1S/C25H29N7O4/c1-29-9-11-31(12-10-29)25(33)17-5-4-6-18(13-17)32-24(26-27-28-32)21-20-16(7-8-30(21)2)14-19-22(23(20)34-3)36-15-35-19/h4-6,13-14,21H,7-12,15H2,1-3H3. The lowest BCUT2D eigenvalue weighted by molar-refractivity contribution is 0.0664. The quantitative estimate of drug-likeness (QED) is 0.536. The number of ether oxygens (including phenoxy) is 3. The summed E-state index contributed by atoms with van der Waals surface area (Å²) in [5.41, 5.74) is 3.44. The lowest BCUT2D eigenvalue weighted by Crippen LogP contribution is -2.47. The summed E-state index contributed by atoms with van der Waals surface area (Å²) in [6.45, 7) is 4.16. The average molecular weight is 492 g/mol. The van der Waals surface area contributed by atoms with E-state index in [9.17, 15) is 4.79 Å². The van der Waals surface area contributed by atoms with Crippen molar-refractivity contribution >= 4 is 5.91 Å². The third-order valence-corrected chi connectivity index (χ3v) is 7.26. The molecule has 0 N–H and O–H groups in total. The van der Waals surface area contributed by atoms with E-state index in [1.807, 2.05) is 42.3 Å². The Bertz CT molecular complexity index is 1300. The van der Waals surface area contributed by atoms with Crippen LogP contribution in [-0.4, -0.2) is 102 Å². The Morgan fingerprint density at radius 3 is 2.72 bits per heavy atom. The molecule has 1 atom stereocenters. The molecule has 188 valence electrons. The number of piperazine rings is 1. The number of benzene rings is 2. The Balaban J connectivity index is 1.39. The SMILES string of the molecule is COc1c2c(cc3c1C(c1nnnn1-c1cccc(C(=O)N4CCN(C)CC4)c1)N(C)CC3)OCO2. The van der Waals surface area contributed by atoms with E-state index in [-0.39, 0.29) is 18.7 Å². The van der Waals surface area contributed by atoms with Gasteiger partial charge in [-0.15, -0.1) is 5.10 Å². The van der Waals surface area contributed by atoms with Gasteiger partial charge in [0.2, 0.25) is 12.5 Å². The molecule has 0 bridgehead atoms. The van der Waals surface area contributed by atoms with Crippen LogP contribution >= 0.6 is 0 Å².